The van der Waals surface area contributed by atoms with E-state index in [1.165, 1.54) is 6.07 Å². The molecule has 2 aliphatic heterocycles. The highest BCUT2D eigenvalue weighted by atomic mass is 19.1. The van der Waals surface area contributed by atoms with E-state index in [0.717, 1.165) is 5.56 Å². The number of benzene rings is 1. The Morgan fingerprint density at radius 1 is 1.24 bits per heavy atom. The van der Waals surface area contributed by atoms with Crippen LogP contribution in [0.1, 0.15) is 49.5 Å². The zero-order chi connectivity index (χ0) is 18.2. The maximum atomic E-state index is 14.3. The Morgan fingerprint density at radius 2 is 1.92 bits per heavy atom. The summed E-state index contributed by atoms with van der Waals surface area (Å²) >= 11 is 0. The second-order valence-corrected chi connectivity index (χ2v) is 7.64. The zero-order valence-electron chi connectivity index (χ0n) is 14.9. The molecular formula is C19H24FNO4. The summed E-state index contributed by atoms with van der Waals surface area (Å²) in [5.41, 5.74) is 0.482. The summed E-state index contributed by atoms with van der Waals surface area (Å²) in [5.74, 6) is -0.446. The first-order valence-corrected chi connectivity index (χ1v) is 8.72. The van der Waals surface area contributed by atoms with Gasteiger partial charge in [0.2, 0.25) is 0 Å². The number of amides is 1. The molecule has 0 unspecified atom stereocenters. The fourth-order valence-electron chi connectivity index (χ4n) is 3.26. The van der Waals surface area contributed by atoms with Crippen molar-refractivity contribution in [1.82, 2.24) is 4.90 Å². The molecule has 0 bridgehead atoms. The molecule has 136 valence electrons. The van der Waals surface area contributed by atoms with Crippen molar-refractivity contribution in [2.75, 3.05) is 19.7 Å². The van der Waals surface area contributed by atoms with Gasteiger partial charge in [0.15, 0.2) is 5.78 Å². The van der Waals surface area contributed by atoms with Gasteiger partial charge in [-0.25, -0.2) is 9.18 Å². The van der Waals surface area contributed by atoms with Crippen LogP contribution in [0.5, 0.6) is 5.75 Å². The van der Waals surface area contributed by atoms with Gasteiger partial charge in [0, 0.05) is 31.5 Å². The first-order chi connectivity index (χ1) is 11.7. The van der Waals surface area contributed by atoms with Gasteiger partial charge in [0.25, 0.3) is 0 Å². The molecule has 6 heteroatoms. The molecule has 3 rings (SSSR count). The number of nitrogens with zero attached hydrogens (tertiary/aromatic N) is 1. The van der Waals surface area contributed by atoms with Gasteiger partial charge in [-0.05, 0) is 45.2 Å². The molecular weight excluding hydrogens is 325 g/mol. The van der Waals surface area contributed by atoms with Crippen molar-refractivity contribution < 1.29 is 23.5 Å². The van der Waals surface area contributed by atoms with Crippen LogP contribution in [0.3, 0.4) is 0 Å². The Bertz CT molecular complexity index is 687. The molecule has 0 spiro atoms. The third-order valence-corrected chi connectivity index (χ3v) is 4.56. The van der Waals surface area contributed by atoms with Crippen molar-refractivity contribution in [3.8, 4) is 5.75 Å². The van der Waals surface area contributed by atoms with Gasteiger partial charge < -0.3 is 14.4 Å². The van der Waals surface area contributed by atoms with Crippen LogP contribution in [0, 0.1) is 11.7 Å². The molecule has 1 amide bonds. The van der Waals surface area contributed by atoms with Gasteiger partial charge in [0.05, 0.1) is 12.2 Å². The van der Waals surface area contributed by atoms with Crippen molar-refractivity contribution in [1.29, 1.82) is 0 Å². The first kappa shape index (κ1) is 17.7. The molecule has 0 atom stereocenters. The molecule has 2 heterocycles. The fraction of sp³-hybridized carbons (Fsp3) is 0.579. The topological polar surface area (TPSA) is 55.8 Å². The monoisotopic (exact) mass is 349 g/mol. The van der Waals surface area contributed by atoms with Gasteiger partial charge in [-0.1, -0.05) is 0 Å². The summed E-state index contributed by atoms with van der Waals surface area (Å²) in [5, 5.41) is 0. The Labute approximate surface area is 147 Å². The lowest BCUT2D eigenvalue weighted by Gasteiger charge is -2.33. The quantitative estimate of drug-likeness (QED) is 0.766. The summed E-state index contributed by atoms with van der Waals surface area (Å²) in [6, 6.07) is 2.94. The minimum absolute atomic E-state index is 0.139. The van der Waals surface area contributed by atoms with Gasteiger partial charge in [-0.3, -0.25) is 4.79 Å². The van der Waals surface area contributed by atoms with E-state index in [0.29, 0.717) is 44.7 Å². The summed E-state index contributed by atoms with van der Waals surface area (Å²) in [4.78, 5) is 26.4. The van der Waals surface area contributed by atoms with E-state index < -0.39 is 11.4 Å². The van der Waals surface area contributed by atoms with Crippen LogP contribution < -0.4 is 4.74 Å². The first-order valence-electron chi connectivity index (χ1n) is 8.72. The van der Waals surface area contributed by atoms with Crippen LogP contribution in [-0.2, 0) is 11.2 Å². The summed E-state index contributed by atoms with van der Waals surface area (Å²) in [7, 11) is 0. The number of ether oxygens (including phenoxy) is 2. The standard InChI is InChI=1S/C19H24FNO4/c1-19(2,3)25-18(23)21-7-4-12(5-8-21)17(22)14-10-13-6-9-24-16(13)11-15(14)20/h10-12H,4-9H2,1-3H3. The number of carbonyl (C=O) groups is 2. The van der Waals surface area contributed by atoms with Gasteiger partial charge >= 0.3 is 6.09 Å². The smallest absolute Gasteiger partial charge is 0.410 e. The number of piperidine rings is 1. The minimum Gasteiger partial charge on any atom is -0.493 e. The number of rotatable bonds is 2. The highest BCUT2D eigenvalue weighted by molar-refractivity contribution is 5.98. The molecule has 25 heavy (non-hydrogen) atoms. The highest BCUT2D eigenvalue weighted by Gasteiger charge is 2.32. The maximum Gasteiger partial charge on any atom is 0.410 e. The van der Waals surface area contributed by atoms with E-state index in [-0.39, 0.29) is 23.4 Å². The molecule has 2 aliphatic rings. The molecule has 1 aromatic rings. The van der Waals surface area contributed by atoms with E-state index in [9.17, 15) is 14.0 Å². The average molecular weight is 349 g/mol. The SMILES string of the molecule is CC(C)(C)OC(=O)N1CCC(C(=O)c2cc3c(cc2F)OCC3)CC1. The summed E-state index contributed by atoms with van der Waals surface area (Å²) < 4.78 is 24.9. The highest BCUT2D eigenvalue weighted by Crippen LogP contribution is 2.31. The minimum atomic E-state index is -0.542. The number of ketones is 1. The average Bonchev–Trinajstić information content (AvgIpc) is 2.99. The lowest BCUT2D eigenvalue weighted by molar-refractivity contribution is 0.0182. The predicted molar refractivity (Wildman–Crippen MR) is 90.5 cm³/mol. The van der Waals surface area contributed by atoms with Crippen LogP contribution in [-0.4, -0.2) is 42.1 Å². The van der Waals surface area contributed by atoms with E-state index in [2.05, 4.69) is 0 Å². The van der Waals surface area contributed by atoms with Crippen molar-refractivity contribution in [2.24, 2.45) is 5.92 Å². The summed E-state index contributed by atoms with van der Waals surface area (Å²) in [6.45, 7) is 6.88. The van der Waals surface area contributed by atoms with E-state index in [1.54, 1.807) is 11.0 Å². The Balaban J connectivity index is 1.63. The van der Waals surface area contributed by atoms with Crippen molar-refractivity contribution in [3.63, 3.8) is 0 Å². The predicted octanol–water partition coefficient (Wildman–Crippen LogP) is 3.59. The van der Waals surface area contributed by atoms with Gasteiger partial charge in [0.1, 0.15) is 17.2 Å². The second-order valence-electron chi connectivity index (χ2n) is 7.64. The number of fused-ring (bicyclic) bond motifs is 1. The van der Waals surface area contributed by atoms with Crippen LogP contribution in [0.4, 0.5) is 9.18 Å². The van der Waals surface area contributed by atoms with Crippen LogP contribution in [0.25, 0.3) is 0 Å². The molecule has 0 aliphatic carbocycles. The maximum absolute atomic E-state index is 14.3. The third kappa shape index (κ3) is 3.94. The fourth-order valence-corrected chi connectivity index (χ4v) is 3.26. The molecule has 0 N–H and O–H groups in total. The Kier molecular flexibility index (Phi) is 4.71. The molecule has 1 saturated heterocycles. The zero-order valence-corrected chi connectivity index (χ0v) is 14.9. The van der Waals surface area contributed by atoms with Crippen LogP contribution in [0.2, 0.25) is 0 Å². The molecule has 1 fully saturated rings. The van der Waals surface area contributed by atoms with E-state index in [1.807, 2.05) is 20.8 Å². The van der Waals surface area contributed by atoms with Gasteiger partial charge in [-0.15, -0.1) is 0 Å². The third-order valence-electron chi connectivity index (χ3n) is 4.56. The molecule has 0 saturated carbocycles. The molecule has 1 aromatic carbocycles. The van der Waals surface area contributed by atoms with Crippen LogP contribution >= 0.6 is 0 Å². The largest absolute Gasteiger partial charge is 0.493 e. The number of hydrogen-bond acceptors (Lipinski definition) is 4. The molecule has 0 aromatic heterocycles. The lowest BCUT2D eigenvalue weighted by atomic mass is 9.88. The number of Topliss-reactive ketones (excluding diaryl/α,β-unsaturated/α-hetero) is 1. The normalized spacial score (nSPS) is 17.8. The lowest BCUT2D eigenvalue weighted by Crippen LogP contribution is -2.43. The number of carbonyl (C=O) groups excluding carboxylic acids is 2. The number of halogens is 1. The van der Waals surface area contributed by atoms with Crippen LogP contribution in [0.15, 0.2) is 12.1 Å². The van der Waals surface area contributed by atoms with E-state index >= 15 is 0 Å². The molecule has 0 radical (unpaired) electrons. The second kappa shape index (κ2) is 6.65. The van der Waals surface area contributed by atoms with E-state index in [4.69, 9.17) is 9.47 Å². The van der Waals surface area contributed by atoms with Crippen molar-refractivity contribution in [2.45, 2.75) is 45.6 Å². The van der Waals surface area contributed by atoms with Gasteiger partial charge in [-0.2, -0.15) is 0 Å². The summed E-state index contributed by atoms with van der Waals surface area (Å²) in [6.07, 6.45) is 1.38. The Hall–Kier alpha value is -2.11. The van der Waals surface area contributed by atoms with Crippen molar-refractivity contribution in [3.05, 3.63) is 29.1 Å². The number of hydrogen-bond donors (Lipinski definition) is 0. The van der Waals surface area contributed by atoms with Crippen molar-refractivity contribution >= 4 is 11.9 Å². The number of likely N-dealkylation sites (tertiary alicyclic amines) is 1. The molecule has 5 nitrogen and oxygen atoms in total. The Morgan fingerprint density at radius 3 is 2.56 bits per heavy atom.